The van der Waals surface area contributed by atoms with Gasteiger partial charge in [0, 0.05) is 12.1 Å². The summed E-state index contributed by atoms with van der Waals surface area (Å²) >= 11 is 0. The first kappa shape index (κ1) is 15.9. The van der Waals surface area contributed by atoms with Gasteiger partial charge < -0.3 is 10.1 Å². The van der Waals surface area contributed by atoms with Gasteiger partial charge >= 0.3 is 5.97 Å². The second kappa shape index (κ2) is 6.55. The van der Waals surface area contributed by atoms with Gasteiger partial charge in [0.1, 0.15) is 0 Å². The van der Waals surface area contributed by atoms with Crippen molar-refractivity contribution in [1.29, 1.82) is 0 Å². The number of hydrogen-bond donors (Lipinski definition) is 2. The van der Waals surface area contributed by atoms with Crippen LogP contribution in [0.3, 0.4) is 0 Å². The van der Waals surface area contributed by atoms with Crippen LogP contribution in [0.25, 0.3) is 0 Å². The maximum atomic E-state index is 12.4. The molecule has 2 rings (SSSR count). The minimum atomic E-state index is -3.65. The Kier molecular flexibility index (Phi) is 4.97. The van der Waals surface area contributed by atoms with Crippen molar-refractivity contribution < 1.29 is 17.9 Å². The number of hydrogen-bond acceptors (Lipinski definition) is 5. The molecular formula is C14H20N2O4S. The number of carbonyl (C=O) groups excluding carboxylic acids is 1. The average Bonchev–Trinajstić information content (AvgIpc) is 2.49. The van der Waals surface area contributed by atoms with Crippen LogP contribution in [0.2, 0.25) is 0 Å². The van der Waals surface area contributed by atoms with Crippen molar-refractivity contribution in [3.8, 4) is 0 Å². The normalized spacial score (nSPS) is 22.8. The summed E-state index contributed by atoms with van der Waals surface area (Å²) in [6.45, 7) is 2.86. The van der Waals surface area contributed by atoms with E-state index in [4.69, 9.17) is 0 Å². The maximum absolute atomic E-state index is 12.4. The van der Waals surface area contributed by atoms with Gasteiger partial charge in [-0.25, -0.2) is 17.9 Å². The van der Waals surface area contributed by atoms with E-state index in [2.05, 4.69) is 14.8 Å². The summed E-state index contributed by atoms with van der Waals surface area (Å²) in [6, 6.07) is 5.78. The molecule has 2 unspecified atom stereocenters. The van der Waals surface area contributed by atoms with Gasteiger partial charge in [-0.1, -0.05) is 6.07 Å². The molecule has 0 aromatic heterocycles. The van der Waals surface area contributed by atoms with E-state index in [0.717, 1.165) is 19.4 Å². The van der Waals surface area contributed by atoms with Gasteiger partial charge in [0.15, 0.2) is 0 Å². The fourth-order valence-corrected chi connectivity index (χ4v) is 3.78. The minimum absolute atomic E-state index is 0.0724. The van der Waals surface area contributed by atoms with Crippen LogP contribution in [0, 0.1) is 0 Å². The Morgan fingerprint density at radius 2 is 2.19 bits per heavy atom. The molecule has 7 heteroatoms. The molecule has 1 saturated heterocycles. The number of sulfonamides is 1. The van der Waals surface area contributed by atoms with Crippen LogP contribution in [0.5, 0.6) is 0 Å². The molecule has 0 amide bonds. The van der Waals surface area contributed by atoms with Gasteiger partial charge in [-0.2, -0.15) is 0 Å². The standard InChI is InChI=1S/C14H20N2O4S/c1-10-13(7-4-8-15-10)16-21(18,19)12-6-3-5-11(9-12)14(17)20-2/h3,5-6,9-10,13,15-16H,4,7-8H2,1-2H3. The lowest BCUT2D eigenvalue weighted by Crippen LogP contribution is -2.51. The zero-order valence-electron chi connectivity index (χ0n) is 12.1. The largest absolute Gasteiger partial charge is 0.465 e. The summed E-state index contributed by atoms with van der Waals surface area (Å²) in [5.74, 6) is -0.556. The lowest BCUT2D eigenvalue weighted by Gasteiger charge is -2.30. The first-order chi connectivity index (χ1) is 9.94. The zero-order valence-corrected chi connectivity index (χ0v) is 12.9. The lowest BCUT2D eigenvalue weighted by atomic mass is 10.0. The van der Waals surface area contributed by atoms with Gasteiger partial charge in [0.2, 0.25) is 10.0 Å². The molecule has 1 aromatic rings. The Bertz CT molecular complexity index is 615. The van der Waals surface area contributed by atoms with Gasteiger partial charge in [0.25, 0.3) is 0 Å². The number of rotatable bonds is 4. The monoisotopic (exact) mass is 312 g/mol. The van der Waals surface area contributed by atoms with Crippen LogP contribution in [-0.2, 0) is 14.8 Å². The summed E-state index contributed by atoms with van der Waals surface area (Å²) in [5, 5.41) is 3.24. The van der Waals surface area contributed by atoms with Crippen molar-refractivity contribution in [1.82, 2.24) is 10.0 Å². The van der Waals surface area contributed by atoms with E-state index in [1.807, 2.05) is 6.92 Å². The van der Waals surface area contributed by atoms with Crippen LogP contribution in [-0.4, -0.2) is 40.1 Å². The van der Waals surface area contributed by atoms with Gasteiger partial charge in [-0.3, -0.25) is 0 Å². The molecule has 0 aliphatic carbocycles. The van der Waals surface area contributed by atoms with E-state index in [1.54, 1.807) is 0 Å². The Balaban J connectivity index is 2.21. The van der Waals surface area contributed by atoms with Crippen LogP contribution >= 0.6 is 0 Å². The molecule has 2 atom stereocenters. The van der Waals surface area contributed by atoms with Crippen molar-refractivity contribution >= 4 is 16.0 Å². The molecule has 0 bridgehead atoms. The number of benzene rings is 1. The maximum Gasteiger partial charge on any atom is 0.337 e. The van der Waals surface area contributed by atoms with E-state index in [0.29, 0.717) is 0 Å². The third-order valence-electron chi connectivity index (χ3n) is 3.63. The van der Waals surface area contributed by atoms with Crippen LogP contribution in [0.1, 0.15) is 30.1 Å². The minimum Gasteiger partial charge on any atom is -0.465 e. The molecule has 2 N–H and O–H groups in total. The fourth-order valence-electron chi connectivity index (χ4n) is 2.38. The smallest absolute Gasteiger partial charge is 0.337 e. The molecule has 1 heterocycles. The summed E-state index contributed by atoms with van der Waals surface area (Å²) in [6.07, 6.45) is 1.73. The van der Waals surface area contributed by atoms with E-state index in [1.165, 1.54) is 31.4 Å². The van der Waals surface area contributed by atoms with E-state index in [9.17, 15) is 13.2 Å². The number of esters is 1. The molecule has 1 aliphatic heterocycles. The van der Waals surface area contributed by atoms with Crippen molar-refractivity contribution in [3.05, 3.63) is 29.8 Å². The highest BCUT2D eigenvalue weighted by molar-refractivity contribution is 7.89. The van der Waals surface area contributed by atoms with Gasteiger partial charge in [0.05, 0.1) is 17.6 Å². The average molecular weight is 312 g/mol. The predicted octanol–water partition coefficient (Wildman–Crippen LogP) is 0.892. The molecule has 0 saturated carbocycles. The van der Waals surface area contributed by atoms with E-state index < -0.39 is 16.0 Å². The first-order valence-electron chi connectivity index (χ1n) is 6.88. The quantitative estimate of drug-likeness (QED) is 0.807. The van der Waals surface area contributed by atoms with E-state index in [-0.39, 0.29) is 22.5 Å². The zero-order chi connectivity index (χ0) is 15.5. The molecule has 21 heavy (non-hydrogen) atoms. The highest BCUT2D eigenvalue weighted by Gasteiger charge is 2.26. The first-order valence-corrected chi connectivity index (χ1v) is 8.36. The Hall–Kier alpha value is -1.44. The number of ether oxygens (including phenoxy) is 1. The number of nitrogens with one attached hydrogen (secondary N) is 2. The summed E-state index contributed by atoms with van der Waals surface area (Å²) in [7, 11) is -2.39. The van der Waals surface area contributed by atoms with Gasteiger partial charge in [-0.15, -0.1) is 0 Å². The lowest BCUT2D eigenvalue weighted by molar-refractivity contribution is 0.0600. The number of carbonyl (C=O) groups is 1. The summed E-state index contributed by atoms with van der Waals surface area (Å²) < 4.78 is 32.1. The van der Waals surface area contributed by atoms with E-state index >= 15 is 0 Å². The Morgan fingerprint density at radius 3 is 2.86 bits per heavy atom. The van der Waals surface area contributed by atoms with Crippen LogP contribution in [0.4, 0.5) is 0 Å². The third kappa shape index (κ3) is 3.81. The number of piperidine rings is 1. The SMILES string of the molecule is COC(=O)c1cccc(S(=O)(=O)NC2CCCNC2C)c1. The molecule has 116 valence electrons. The highest BCUT2D eigenvalue weighted by Crippen LogP contribution is 2.16. The fraction of sp³-hybridized carbons (Fsp3) is 0.500. The van der Waals surface area contributed by atoms with Crippen LogP contribution in [0.15, 0.2) is 29.2 Å². The predicted molar refractivity (Wildman–Crippen MR) is 78.6 cm³/mol. The van der Waals surface area contributed by atoms with Crippen molar-refractivity contribution in [2.24, 2.45) is 0 Å². The molecule has 1 aromatic carbocycles. The van der Waals surface area contributed by atoms with Crippen molar-refractivity contribution in [3.63, 3.8) is 0 Å². The van der Waals surface area contributed by atoms with Crippen molar-refractivity contribution in [2.45, 2.75) is 36.7 Å². The van der Waals surface area contributed by atoms with Gasteiger partial charge in [-0.05, 0) is 44.5 Å². The molecular weight excluding hydrogens is 292 g/mol. The second-order valence-electron chi connectivity index (χ2n) is 5.13. The second-order valence-corrected chi connectivity index (χ2v) is 6.85. The Morgan fingerprint density at radius 1 is 1.43 bits per heavy atom. The summed E-state index contributed by atoms with van der Waals surface area (Å²) in [4.78, 5) is 11.6. The summed E-state index contributed by atoms with van der Waals surface area (Å²) in [5.41, 5.74) is 0.218. The van der Waals surface area contributed by atoms with Crippen molar-refractivity contribution in [2.75, 3.05) is 13.7 Å². The molecule has 6 nitrogen and oxygen atoms in total. The molecule has 0 spiro atoms. The third-order valence-corrected chi connectivity index (χ3v) is 5.12. The highest BCUT2D eigenvalue weighted by atomic mass is 32.2. The molecule has 1 fully saturated rings. The molecule has 0 radical (unpaired) electrons. The number of methoxy groups -OCH3 is 1. The van der Waals surface area contributed by atoms with Crippen LogP contribution < -0.4 is 10.0 Å². The Labute approximate surface area is 124 Å². The molecule has 1 aliphatic rings. The topological polar surface area (TPSA) is 84.5 Å².